The highest BCUT2D eigenvalue weighted by molar-refractivity contribution is 7.99. The molecule has 100 valence electrons. The van der Waals surface area contributed by atoms with Crippen LogP contribution in [-0.4, -0.2) is 62.8 Å². The minimum Gasteiger partial charge on any atom is -0.381 e. The van der Waals surface area contributed by atoms with Crippen LogP contribution in [0.1, 0.15) is 19.3 Å². The molecule has 1 N–H and O–H groups in total. The molecule has 1 unspecified atom stereocenters. The van der Waals surface area contributed by atoms with E-state index in [1.807, 2.05) is 11.8 Å². The molecule has 2 aliphatic heterocycles. The summed E-state index contributed by atoms with van der Waals surface area (Å²) in [6.07, 6.45) is 6.18. The first-order chi connectivity index (χ1) is 8.28. The van der Waals surface area contributed by atoms with Gasteiger partial charge in [-0.15, -0.1) is 0 Å². The molecular weight excluding hydrogens is 232 g/mol. The zero-order valence-corrected chi connectivity index (χ0v) is 12.0. The van der Waals surface area contributed by atoms with E-state index in [1.54, 1.807) is 0 Å². The molecular formula is C13H26N2OS. The second-order valence-corrected chi connectivity index (χ2v) is 6.68. The number of thioether (sulfide) groups is 1. The van der Waals surface area contributed by atoms with Crippen molar-refractivity contribution >= 4 is 11.8 Å². The maximum Gasteiger partial charge on any atom is 0.0547 e. The van der Waals surface area contributed by atoms with Crippen molar-refractivity contribution in [1.29, 1.82) is 0 Å². The predicted molar refractivity (Wildman–Crippen MR) is 74.8 cm³/mol. The summed E-state index contributed by atoms with van der Waals surface area (Å²) in [4.78, 5) is 2.65. The Kier molecular flexibility index (Phi) is 5.15. The van der Waals surface area contributed by atoms with Gasteiger partial charge in [0.1, 0.15) is 0 Å². The van der Waals surface area contributed by atoms with Crippen molar-refractivity contribution in [3.8, 4) is 0 Å². The van der Waals surface area contributed by atoms with Crippen LogP contribution in [0.3, 0.4) is 0 Å². The summed E-state index contributed by atoms with van der Waals surface area (Å²) in [5, 5.41) is 4.24. The molecule has 0 spiro atoms. The average Bonchev–Trinajstić information content (AvgIpc) is 2.79. The molecule has 2 heterocycles. The number of nitrogens with zero attached hydrogens (tertiary/aromatic N) is 1. The van der Waals surface area contributed by atoms with E-state index in [0.717, 1.165) is 25.0 Å². The fraction of sp³-hybridized carbons (Fsp3) is 1.00. The van der Waals surface area contributed by atoms with E-state index in [0.29, 0.717) is 5.41 Å². The highest BCUT2D eigenvalue weighted by Crippen LogP contribution is 2.31. The Bertz CT molecular complexity index is 223. The SMILES string of the molecule is CNCC1(CN2CCC(SC)CC2)CCOC1. The lowest BCUT2D eigenvalue weighted by Crippen LogP contribution is -2.46. The van der Waals surface area contributed by atoms with Crippen molar-refractivity contribution in [1.82, 2.24) is 10.2 Å². The third-order valence-electron chi connectivity index (χ3n) is 4.16. The molecule has 0 radical (unpaired) electrons. The fourth-order valence-electron chi connectivity index (χ4n) is 3.12. The molecule has 0 aromatic heterocycles. The van der Waals surface area contributed by atoms with Gasteiger partial charge < -0.3 is 15.0 Å². The number of rotatable bonds is 5. The van der Waals surface area contributed by atoms with Crippen molar-refractivity contribution in [2.24, 2.45) is 5.41 Å². The molecule has 1 atom stereocenters. The van der Waals surface area contributed by atoms with Gasteiger partial charge in [-0.1, -0.05) is 0 Å². The lowest BCUT2D eigenvalue weighted by atomic mass is 9.86. The van der Waals surface area contributed by atoms with E-state index >= 15 is 0 Å². The van der Waals surface area contributed by atoms with Gasteiger partial charge in [0.2, 0.25) is 0 Å². The van der Waals surface area contributed by atoms with E-state index in [4.69, 9.17) is 4.74 Å². The third kappa shape index (κ3) is 3.60. The van der Waals surface area contributed by atoms with Gasteiger partial charge in [0.15, 0.2) is 0 Å². The molecule has 2 fully saturated rings. The van der Waals surface area contributed by atoms with Crippen LogP contribution in [0.5, 0.6) is 0 Å². The molecule has 0 aliphatic carbocycles. The monoisotopic (exact) mass is 258 g/mol. The first-order valence-electron chi connectivity index (χ1n) is 6.75. The van der Waals surface area contributed by atoms with Crippen molar-refractivity contribution < 1.29 is 4.74 Å². The Labute approximate surface area is 110 Å². The number of piperidine rings is 1. The van der Waals surface area contributed by atoms with Crippen LogP contribution in [0.2, 0.25) is 0 Å². The smallest absolute Gasteiger partial charge is 0.0547 e. The van der Waals surface area contributed by atoms with Crippen LogP contribution in [0, 0.1) is 5.41 Å². The standard InChI is InChI=1S/C13H26N2OS/c1-14-9-13(5-8-16-11-13)10-15-6-3-12(17-2)4-7-15/h12,14H,3-11H2,1-2H3. The summed E-state index contributed by atoms with van der Waals surface area (Å²) in [7, 11) is 2.06. The lowest BCUT2D eigenvalue weighted by molar-refractivity contribution is 0.100. The van der Waals surface area contributed by atoms with E-state index in [-0.39, 0.29) is 0 Å². The maximum absolute atomic E-state index is 5.63. The van der Waals surface area contributed by atoms with Crippen LogP contribution < -0.4 is 5.32 Å². The molecule has 2 rings (SSSR count). The number of likely N-dealkylation sites (tertiary alicyclic amines) is 1. The van der Waals surface area contributed by atoms with Gasteiger partial charge in [0.25, 0.3) is 0 Å². The molecule has 0 aromatic carbocycles. The summed E-state index contributed by atoms with van der Waals surface area (Å²) in [6.45, 7) is 6.75. The summed E-state index contributed by atoms with van der Waals surface area (Å²) in [5.41, 5.74) is 0.376. The first kappa shape index (κ1) is 13.7. The van der Waals surface area contributed by atoms with Crippen molar-refractivity contribution in [2.75, 3.05) is 52.7 Å². The highest BCUT2D eigenvalue weighted by Gasteiger charge is 2.36. The van der Waals surface area contributed by atoms with Crippen LogP contribution in [0.25, 0.3) is 0 Å². The largest absolute Gasteiger partial charge is 0.381 e. The second kappa shape index (κ2) is 6.41. The Morgan fingerprint density at radius 3 is 2.71 bits per heavy atom. The average molecular weight is 258 g/mol. The van der Waals surface area contributed by atoms with Gasteiger partial charge in [0, 0.05) is 30.4 Å². The molecule has 0 saturated carbocycles. The Morgan fingerprint density at radius 2 is 2.18 bits per heavy atom. The molecule has 0 aromatic rings. The predicted octanol–water partition coefficient (Wildman–Crippen LogP) is 1.44. The van der Waals surface area contributed by atoms with Gasteiger partial charge in [-0.2, -0.15) is 11.8 Å². The zero-order chi connectivity index (χ0) is 12.1. The molecule has 2 saturated heterocycles. The maximum atomic E-state index is 5.63. The summed E-state index contributed by atoms with van der Waals surface area (Å²) >= 11 is 2.04. The van der Waals surface area contributed by atoms with Crippen molar-refractivity contribution in [2.45, 2.75) is 24.5 Å². The van der Waals surface area contributed by atoms with Crippen LogP contribution >= 0.6 is 11.8 Å². The summed E-state index contributed by atoms with van der Waals surface area (Å²) < 4.78 is 5.63. The molecule has 4 heteroatoms. The van der Waals surface area contributed by atoms with E-state index in [1.165, 1.54) is 38.9 Å². The van der Waals surface area contributed by atoms with Gasteiger partial charge in [-0.25, -0.2) is 0 Å². The molecule has 0 amide bonds. The van der Waals surface area contributed by atoms with Gasteiger partial charge in [-0.05, 0) is 45.7 Å². The fourth-order valence-corrected chi connectivity index (χ4v) is 3.80. The molecule has 0 bridgehead atoms. The van der Waals surface area contributed by atoms with Crippen LogP contribution in [0.4, 0.5) is 0 Å². The normalized spacial score (nSPS) is 32.1. The number of hydrogen-bond acceptors (Lipinski definition) is 4. The second-order valence-electron chi connectivity index (χ2n) is 5.54. The van der Waals surface area contributed by atoms with Crippen molar-refractivity contribution in [3.63, 3.8) is 0 Å². The third-order valence-corrected chi connectivity index (χ3v) is 5.30. The quantitative estimate of drug-likeness (QED) is 0.806. The Balaban J connectivity index is 1.82. The lowest BCUT2D eigenvalue weighted by Gasteiger charge is -2.38. The highest BCUT2D eigenvalue weighted by atomic mass is 32.2. The van der Waals surface area contributed by atoms with E-state index in [9.17, 15) is 0 Å². The summed E-state index contributed by atoms with van der Waals surface area (Å²) in [5.74, 6) is 0. The topological polar surface area (TPSA) is 24.5 Å². The molecule has 2 aliphatic rings. The number of hydrogen-bond donors (Lipinski definition) is 1. The van der Waals surface area contributed by atoms with Gasteiger partial charge >= 0.3 is 0 Å². The zero-order valence-electron chi connectivity index (χ0n) is 11.2. The Morgan fingerprint density at radius 1 is 1.41 bits per heavy atom. The minimum absolute atomic E-state index is 0.376. The van der Waals surface area contributed by atoms with Crippen LogP contribution in [-0.2, 0) is 4.74 Å². The van der Waals surface area contributed by atoms with E-state index < -0.39 is 0 Å². The minimum atomic E-state index is 0.376. The first-order valence-corrected chi connectivity index (χ1v) is 8.04. The van der Waals surface area contributed by atoms with E-state index in [2.05, 4.69) is 23.5 Å². The van der Waals surface area contributed by atoms with Crippen molar-refractivity contribution in [3.05, 3.63) is 0 Å². The van der Waals surface area contributed by atoms with Crippen LogP contribution in [0.15, 0.2) is 0 Å². The molecule has 17 heavy (non-hydrogen) atoms. The Hall–Kier alpha value is 0.230. The van der Waals surface area contributed by atoms with Gasteiger partial charge in [-0.3, -0.25) is 0 Å². The molecule has 3 nitrogen and oxygen atoms in total. The summed E-state index contributed by atoms with van der Waals surface area (Å²) in [6, 6.07) is 0. The number of nitrogens with one attached hydrogen (secondary N) is 1. The van der Waals surface area contributed by atoms with Gasteiger partial charge in [0.05, 0.1) is 6.61 Å². The number of ether oxygens (including phenoxy) is 1.